The van der Waals surface area contributed by atoms with E-state index in [4.69, 9.17) is 5.73 Å². The smallest absolute Gasteiger partial charge is 0.418 e. The summed E-state index contributed by atoms with van der Waals surface area (Å²) in [4.78, 5) is 0. The molecular formula is C9H12F3NO. The van der Waals surface area contributed by atoms with Gasteiger partial charge >= 0.3 is 6.18 Å². The standard InChI is InChI=1S/C9H12F3NO/c1-4-6(9(10,11)12)8(13)7(5-2)14-3/h4-5H,1,13H2,2-3H3/b7-5+,8-6-. The maximum absolute atomic E-state index is 12.3. The summed E-state index contributed by atoms with van der Waals surface area (Å²) < 4.78 is 41.6. The van der Waals surface area contributed by atoms with Crippen LogP contribution in [-0.4, -0.2) is 13.3 Å². The van der Waals surface area contributed by atoms with E-state index in [1.165, 1.54) is 20.1 Å². The predicted octanol–water partition coefficient (Wildman–Crippen LogP) is 2.50. The van der Waals surface area contributed by atoms with Gasteiger partial charge in [-0.1, -0.05) is 12.7 Å². The van der Waals surface area contributed by atoms with Crippen LogP contribution in [0.15, 0.2) is 35.8 Å². The number of ether oxygens (including phenoxy) is 1. The first-order valence-electron chi connectivity index (χ1n) is 3.78. The fourth-order valence-corrected chi connectivity index (χ4v) is 0.894. The first kappa shape index (κ1) is 12.6. The average Bonchev–Trinajstić information content (AvgIpc) is 2.05. The number of halogens is 3. The Balaban J connectivity index is 5.34. The van der Waals surface area contributed by atoms with Gasteiger partial charge in [-0.15, -0.1) is 0 Å². The van der Waals surface area contributed by atoms with Crippen molar-refractivity contribution in [2.24, 2.45) is 5.73 Å². The van der Waals surface area contributed by atoms with E-state index in [0.29, 0.717) is 6.08 Å². The molecule has 0 heterocycles. The maximum Gasteiger partial charge on any atom is 0.418 e. The van der Waals surface area contributed by atoms with Crippen LogP contribution in [-0.2, 0) is 4.74 Å². The minimum absolute atomic E-state index is 0.0165. The number of methoxy groups -OCH3 is 1. The van der Waals surface area contributed by atoms with Crippen LogP contribution < -0.4 is 5.73 Å². The zero-order valence-corrected chi connectivity index (χ0v) is 7.98. The molecule has 0 aliphatic rings. The van der Waals surface area contributed by atoms with Gasteiger partial charge < -0.3 is 10.5 Å². The van der Waals surface area contributed by atoms with E-state index in [0.717, 1.165) is 0 Å². The molecule has 2 nitrogen and oxygen atoms in total. The molecule has 0 bridgehead atoms. The van der Waals surface area contributed by atoms with Gasteiger partial charge in [0, 0.05) is 0 Å². The largest absolute Gasteiger partial charge is 0.495 e. The minimum Gasteiger partial charge on any atom is -0.495 e. The molecule has 0 aliphatic carbocycles. The average molecular weight is 207 g/mol. The van der Waals surface area contributed by atoms with E-state index < -0.39 is 17.4 Å². The summed E-state index contributed by atoms with van der Waals surface area (Å²) in [7, 11) is 1.25. The van der Waals surface area contributed by atoms with Crippen molar-refractivity contribution in [3.8, 4) is 0 Å². The fraction of sp³-hybridized carbons (Fsp3) is 0.333. The van der Waals surface area contributed by atoms with E-state index in [1.807, 2.05) is 0 Å². The monoisotopic (exact) mass is 207 g/mol. The molecule has 0 fully saturated rings. The van der Waals surface area contributed by atoms with Crippen LogP contribution in [0.3, 0.4) is 0 Å². The van der Waals surface area contributed by atoms with Crippen LogP contribution in [0.25, 0.3) is 0 Å². The first-order chi connectivity index (χ1) is 6.38. The molecule has 0 aromatic heterocycles. The van der Waals surface area contributed by atoms with Gasteiger partial charge in [0.15, 0.2) is 0 Å². The van der Waals surface area contributed by atoms with Crippen molar-refractivity contribution in [2.45, 2.75) is 13.1 Å². The van der Waals surface area contributed by atoms with Crippen LogP contribution in [0, 0.1) is 0 Å². The molecule has 0 spiro atoms. The number of hydrogen-bond donors (Lipinski definition) is 1. The molecule has 0 aliphatic heterocycles. The van der Waals surface area contributed by atoms with Crippen LogP contribution in [0.5, 0.6) is 0 Å². The summed E-state index contributed by atoms with van der Waals surface area (Å²) in [5.41, 5.74) is 3.82. The Labute approximate surface area is 80.5 Å². The lowest BCUT2D eigenvalue weighted by atomic mass is 10.1. The third-order valence-electron chi connectivity index (χ3n) is 1.55. The topological polar surface area (TPSA) is 35.2 Å². The highest BCUT2D eigenvalue weighted by Crippen LogP contribution is 2.29. The molecule has 0 saturated heterocycles. The lowest BCUT2D eigenvalue weighted by molar-refractivity contribution is -0.0891. The van der Waals surface area contributed by atoms with Crippen molar-refractivity contribution in [2.75, 3.05) is 7.11 Å². The number of alkyl halides is 3. The normalized spacial score (nSPS) is 14.8. The molecule has 0 aromatic rings. The second-order valence-electron chi connectivity index (χ2n) is 2.39. The van der Waals surface area contributed by atoms with Gasteiger partial charge in [-0.3, -0.25) is 0 Å². The lowest BCUT2D eigenvalue weighted by Gasteiger charge is -2.13. The van der Waals surface area contributed by atoms with Crippen molar-refractivity contribution in [1.82, 2.24) is 0 Å². The Kier molecular flexibility index (Phi) is 4.27. The Morgan fingerprint density at radius 2 is 1.93 bits per heavy atom. The van der Waals surface area contributed by atoms with E-state index in [2.05, 4.69) is 11.3 Å². The molecule has 0 unspecified atom stereocenters. The molecular weight excluding hydrogens is 195 g/mol. The van der Waals surface area contributed by atoms with Crippen LogP contribution in [0.4, 0.5) is 13.2 Å². The SMILES string of the molecule is C=C/C(=C(N)\C(=C/C)OC)C(F)(F)F. The van der Waals surface area contributed by atoms with E-state index in [-0.39, 0.29) is 5.76 Å². The number of allylic oxidation sites excluding steroid dienone is 3. The van der Waals surface area contributed by atoms with Crippen molar-refractivity contribution < 1.29 is 17.9 Å². The zero-order chi connectivity index (χ0) is 11.4. The molecule has 14 heavy (non-hydrogen) atoms. The second-order valence-corrected chi connectivity index (χ2v) is 2.39. The van der Waals surface area contributed by atoms with Gasteiger partial charge in [0.1, 0.15) is 5.76 Å². The molecule has 0 saturated carbocycles. The lowest BCUT2D eigenvalue weighted by Crippen LogP contribution is -2.18. The van der Waals surface area contributed by atoms with Gasteiger partial charge in [0.25, 0.3) is 0 Å². The Bertz CT molecular complexity index is 276. The van der Waals surface area contributed by atoms with Crippen molar-refractivity contribution in [3.63, 3.8) is 0 Å². The maximum atomic E-state index is 12.3. The van der Waals surface area contributed by atoms with Gasteiger partial charge in [0.05, 0.1) is 18.4 Å². The summed E-state index contributed by atoms with van der Waals surface area (Å²) >= 11 is 0. The van der Waals surface area contributed by atoms with E-state index in [1.54, 1.807) is 0 Å². The Morgan fingerprint density at radius 3 is 2.14 bits per heavy atom. The summed E-state index contributed by atoms with van der Waals surface area (Å²) in [6, 6.07) is 0. The molecule has 0 amide bonds. The minimum atomic E-state index is -4.52. The third kappa shape index (κ3) is 2.83. The first-order valence-corrected chi connectivity index (χ1v) is 3.78. The highest BCUT2D eigenvalue weighted by atomic mass is 19.4. The van der Waals surface area contributed by atoms with Crippen LogP contribution in [0.2, 0.25) is 0 Å². The predicted molar refractivity (Wildman–Crippen MR) is 48.2 cm³/mol. The van der Waals surface area contributed by atoms with Crippen molar-refractivity contribution in [3.05, 3.63) is 35.8 Å². The number of nitrogens with two attached hydrogens (primary N) is 1. The Morgan fingerprint density at radius 1 is 1.43 bits per heavy atom. The summed E-state index contributed by atoms with van der Waals surface area (Å²) in [6.45, 7) is 4.59. The molecule has 80 valence electrons. The van der Waals surface area contributed by atoms with Gasteiger partial charge in [-0.05, 0) is 13.0 Å². The van der Waals surface area contributed by atoms with Crippen LogP contribution >= 0.6 is 0 Å². The fourth-order valence-electron chi connectivity index (χ4n) is 0.894. The van der Waals surface area contributed by atoms with Gasteiger partial charge in [-0.2, -0.15) is 13.2 Å². The Hall–Kier alpha value is -1.39. The molecule has 0 atom stereocenters. The summed E-state index contributed by atoms with van der Waals surface area (Å²) in [5.74, 6) is -0.0165. The number of hydrogen-bond acceptors (Lipinski definition) is 2. The van der Waals surface area contributed by atoms with Crippen LogP contribution in [0.1, 0.15) is 6.92 Å². The zero-order valence-electron chi connectivity index (χ0n) is 7.98. The molecule has 0 radical (unpaired) electrons. The van der Waals surface area contributed by atoms with E-state index in [9.17, 15) is 13.2 Å². The van der Waals surface area contributed by atoms with Gasteiger partial charge in [-0.25, -0.2) is 0 Å². The van der Waals surface area contributed by atoms with Gasteiger partial charge in [0.2, 0.25) is 0 Å². The third-order valence-corrected chi connectivity index (χ3v) is 1.55. The second kappa shape index (κ2) is 4.74. The van der Waals surface area contributed by atoms with Crippen molar-refractivity contribution in [1.29, 1.82) is 0 Å². The molecule has 2 N–H and O–H groups in total. The highest BCUT2D eigenvalue weighted by molar-refractivity contribution is 5.36. The summed E-state index contributed by atoms with van der Waals surface area (Å²) in [6.07, 6.45) is -2.50. The summed E-state index contributed by atoms with van der Waals surface area (Å²) in [5, 5.41) is 0. The quantitative estimate of drug-likeness (QED) is 0.570. The molecule has 0 rings (SSSR count). The highest BCUT2D eigenvalue weighted by Gasteiger charge is 2.34. The van der Waals surface area contributed by atoms with E-state index >= 15 is 0 Å². The van der Waals surface area contributed by atoms with Crippen molar-refractivity contribution >= 4 is 0 Å². The number of rotatable bonds is 3. The molecule has 5 heteroatoms. The molecule has 0 aromatic carbocycles.